The molecule has 1 saturated heterocycles. The lowest BCUT2D eigenvalue weighted by Gasteiger charge is -2.25. The fourth-order valence-corrected chi connectivity index (χ4v) is 3.31. The summed E-state index contributed by atoms with van der Waals surface area (Å²) in [5, 5.41) is 13.5. The highest BCUT2D eigenvalue weighted by Crippen LogP contribution is 2.29. The van der Waals surface area contributed by atoms with Crippen LogP contribution in [-0.2, 0) is 0 Å². The van der Waals surface area contributed by atoms with Crippen molar-refractivity contribution in [2.45, 2.75) is 37.8 Å². The summed E-state index contributed by atoms with van der Waals surface area (Å²) in [5.41, 5.74) is 1.51. The molecule has 120 valence electrons. The molecule has 5 heteroatoms. The number of amides is 1. The van der Waals surface area contributed by atoms with Gasteiger partial charge in [0.05, 0.1) is 23.7 Å². The molecule has 2 heterocycles. The number of nitrogens with one attached hydrogen (secondary N) is 1. The van der Waals surface area contributed by atoms with Gasteiger partial charge in [-0.05, 0) is 37.8 Å². The van der Waals surface area contributed by atoms with Gasteiger partial charge in [-0.25, -0.2) is 4.98 Å². The Labute approximate surface area is 135 Å². The Balaban J connectivity index is 1.78. The van der Waals surface area contributed by atoms with Crippen LogP contribution < -0.4 is 10.2 Å². The average molecular weight is 311 g/mol. The SMILES string of the molecule is O=C(NC1CC1)c1cc(N2CCCC2CO)nc2ccccc12. The third kappa shape index (κ3) is 2.77. The first-order valence-corrected chi connectivity index (χ1v) is 8.34. The summed E-state index contributed by atoms with van der Waals surface area (Å²) >= 11 is 0. The summed E-state index contributed by atoms with van der Waals surface area (Å²) in [6, 6.07) is 10.1. The van der Waals surface area contributed by atoms with Crippen LogP contribution in [0.25, 0.3) is 10.9 Å². The van der Waals surface area contributed by atoms with Gasteiger partial charge in [0, 0.05) is 18.0 Å². The quantitative estimate of drug-likeness (QED) is 0.907. The Morgan fingerprint density at radius 1 is 1.30 bits per heavy atom. The molecule has 23 heavy (non-hydrogen) atoms. The molecular formula is C18H21N3O2. The van der Waals surface area contributed by atoms with Crippen LogP contribution in [0.3, 0.4) is 0 Å². The van der Waals surface area contributed by atoms with E-state index in [1.54, 1.807) is 0 Å². The highest BCUT2D eigenvalue weighted by molar-refractivity contribution is 6.07. The topological polar surface area (TPSA) is 65.5 Å². The first-order chi connectivity index (χ1) is 11.3. The maximum atomic E-state index is 12.6. The van der Waals surface area contributed by atoms with Crippen molar-refractivity contribution in [2.75, 3.05) is 18.1 Å². The van der Waals surface area contributed by atoms with E-state index < -0.39 is 0 Å². The van der Waals surface area contributed by atoms with Crippen LogP contribution >= 0.6 is 0 Å². The van der Waals surface area contributed by atoms with Crippen molar-refractivity contribution in [3.63, 3.8) is 0 Å². The number of carbonyl (C=O) groups excluding carboxylic acids is 1. The van der Waals surface area contributed by atoms with E-state index in [-0.39, 0.29) is 18.6 Å². The minimum absolute atomic E-state index is 0.0212. The molecule has 2 aromatic rings. The second-order valence-corrected chi connectivity index (χ2v) is 6.46. The van der Waals surface area contributed by atoms with Gasteiger partial charge in [-0.3, -0.25) is 4.79 Å². The minimum Gasteiger partial charge on any atom is -0.394 e. The third-order valence-electron chi connectivity index (χ3n) is 4.74. The number of hydrogen-bond acceptors (Lipinski definition) is 4. The van der Waals surface area contributed by atoms with E-state index in [1.165, 1.54) is 0 Å². The first-order valence-electron chi connectivity index (χ1n) is 8.34. The Bertz CT molecular complexity index is 742. The van der Waals surface area contributed by atoms with Gasteiger partial charge in [-0.1, -0.05) is 18.2 Å². The second kappa shape index (κ2) is 5.81. The second-order valence-electron chi connectivity index (χ2n) is 6.46. The van der Waals surface area contributed by atoms with Gasteiger partial charge in [-0.15, -0.1) is 0 Å². The van der Waals surface area contributed by atoms with Gasteiger partial charge in [0.25, 0.3) is 5.91 Å². The van der Waals surface area contributed by atoms with Gasteiger partial charge >= 0.3 is 0 Å². The van der Waals surface area contributed by atoms with E-state index in [1.807, 2.05) is 30.3 Å². The maximum Gasteiger partial charge on any atom is 0.252 e. The van der Waals surface area contributed by atoms with Crippen LogP contribution in [-0.4, -0.2) is 41.2 Å². The molecule has 2 N–H and O–H groups in total. The average Bonchev–Trinajstić information content (AvgIpc) is 3.26. The van der Waals surface area contributed by atoms with E-state index in [0.29, 0.717) is 11.6 Å². The Morgan fingerprint density at radius 3 is 2.91 bits per heavy atom. The summed E-state index contributed by atoms with van der Waals surface area (Å²) in [6.45, 7) is 0.998. The number of carbonyl (C=O) groups is 1. The molecule has 0 spiro atoms. The lowest BCUT2D eigenvalue weighted by Crippen LogP contribution is -2.33. The zero-order chi connectivity index (χ0) is 15.8. The molecule has 1 unspecified atom stereocenters. The predicted molar refractivity (Wildman–Crippen MR) is 89.7 cm³/mol. The molecule has 2 aliphatic rings. The molecule has 4 rings (SSSR count). The molecule has 5 nitrogen and oxygen atoms in total. The summed E-state index contributed by atoms with van der Waals surface area (Å²) in [5.74, 6) is 0.772. The van der Waals surface area contributed by atoms with Crippen LogP contribution in [0.5, 0.6) is 0 Å². The molecule has 1 aliphatic carbocycles. The van der Waals surface area contributed by atoms with Crippen LogP contribution in [0.2, 0.25) is 0 Å². The van der Waals surface area contributed by atoms with Gasteiger partial charge in [0.1, 0.15) is 5.82 Å². The molecule has 0 bridgehead atoms. The van der Waals surface area contributed by atoms with Gasteiger partial charge < -0.3 is 15.3 Å². The normalized spacial score (nSPS) is 20.9. The standard InChI is InChI=1S/C18H21N3O2/c22-11-13-4-3-9-21(13)17-10-15(18(23)19-12-7-8-12)14-5-1-2-6-16(14)20-17/h1-2,5-6,10,12-13,22H,3-4,7-9,11H2,(H,19,23). The molecule has 2 fully saturated rings. The van der Waals surface area contributed by atoms with Gasteiger partial charge in [-0.2, -0.15) is 0 Å². The Hall–Kier alpha value is -2.14. The molecule has 1 saturated carbocycles. The number of pyridine rings is 1. The lowest BCUT2D eigenvalue weighted by molar-refractivity contribution is 0.0952. The van der Waals surface area contributed by atoms with Crippen molar-refractivity contribution >= 4 is 22.6 Å². The number of aromatic nitrogens is 1. The van der Waals surface area contributed by atoms with Crippen molar-refractivity contribution in [1.29, 1.82) is 0 Å². The highest BCUT2D eigenvalue weighted by Gasteiger charge is 2.28. The fourth-order valence-electron chi connectivity index (χ4n) is 3.31. The highest BCUT2D eigenvalue weighted by atomic mass is 16.3. The summed E-state index contributed by atoms with van der Waals surface area (Å²) in [4.78, 5) is 19.5. The van der Waals surface area contributed by atoms with Crippen molar-refractivity contribution < 1.29 is 9.90 Å². The van der Waals surface area contributed by atoms with Crippen LogP contribution in [0.1, 0.15) is 36.0 Å². The van der Waals surface area contributed by atoms with E-state index in [4.69, 9.17) is 4.98 Å². The Kier molecular flexibility index (Phi) is 3.65. The molecule has 1 atom stereocenters. The van der Waals surface area contributed by atoms with Crippen molar-refractivity contribution in [2.24, 2.45) is 0 Å². The zero-order valence-electron chi connectivity index (χ0n) is 13.0. The number of anilines is 1. The number of fused-ring (bicyclic) bond motifs is 1. The van der Waals surface area contributed by atoms with Crippen LogP contribution in [0.4, 0.5) is 5.82 Å². The van der Waals surface area contributed by atoms with Crippen molar-refractivity contribution in [3.05, 3.63) is 35.9 Å². The van der Waals surface area contributed by atoms with Crippen LogP contribution in [0, 0.1) is 0 Å². The monoisotopic (exact) mass is 311 g/mol. The number of para-hydroxylation sites is 1. The summed E-state index contributed by atoms with van der Waals surface area (Å²) in [6.07, 6.45) is 4.15. The van der Waals surface area contributed by atoms with E-state index in [0.717, 1.165) is 48.9 Å². The molecule has 1 aromatic heterocycles. The fraction of sp³-hybridized carbons (Fsp3) is 0.444. The van der Waals surface area contributed by atoms with Crippen molar-refractivity contribution in [3.8, 4) is 0 Å². The number of aliphatic hydroxyl groups is 1. The molecule has 0 radical (unpaired) electrons. The molecule has 1 amide bonds. The number of hydrogen-bond donors (Lipinski definition) is 2. The van der Waals surface area contributed by atoms with Crippen molar-refractivity contribution in [1.82, 2.24) is 10.3 Å². The smallest absolute Gasteiger partial charge is 0.252 e. The zero-order valence-corrected chi connectivity index (χ0v) is 13.0. The summed E-state index contributed by atoms with van der Waals surface area (Å²) < 4.78 is 0. The number of nitrogens with zero attached hydrogens (tertiary/aromatic N) is 2. The van der Waals surface area contributed by atoms with E-state index in [9.17, 15) is 9.90 Å². The number of aliphatic hydroxyl groups excluding tert-OH is 1. The Morgan fingerprint density at radius 2 is 2.13 bits per heavy atom. The van der Waals surface area contributed by atoms with E-state index >= 15 is 0 Å². The van der Waals surface area contributed by atoms with E-state index in [2.05, 4.69) is 10.2 Å². The number of benzene rings is 1. The number of rotatable bonds is 4. The largest absolute Gasteiger partial charge is 0.394 e. The first kappa shape index (κ1) is 14.5. The summed E-state index contributed by atoms with van der Waals surface area (Å²) in [7, 11) is 0. The molecule has 1 aromatic carbocycles. The van der Waals surface area contributed by atoms with Gasteiger partial charge in [0.2, 0.25) is 0 Å². The lowest BCUT2D eigenvalue weighted by atomic mass is 10.1. The van der Waals surface area contributed by atoms with Crippen LogP contribution in [0.15, 0.2) is 30.3 Å². The minimum atomic E-state index is -0.0212. The molecule has 1 aliphatic heterocycles. The van der Waals surface area contributed by atoms with Gasteiger partial charge in [0.15, 0.2) is 0 Å². The predicted octanol–water partition coefficient (Wildman–Crippen LogP) is 2.09. The maximum absolute atomic E-state index is 12.6. The third-order valence-corrected chi connectivity index (χ3v) is 4.74. The molecular weight excluding hydrogens is 290 g/mol.